The molecule has 1 unspecified atom stereocenters. The van der Waals surface area contributed by atoms with Gasteiger partial charge in [-0.15, -0.1) is 0 Å². The smallest absolute Gasteiger partial charge is 0.235 e. The largest absolute Gasteiger partial charge is 0.381 e. The van der Waals surface area contributed by atoms with Crippen molar-refractivity contribution < 1.29 is 13.2 Å². The maximum atomic E-state index is 12.0. The quantitative estimate of drug-likeness (QED) is 0.885. The molecule has 0 spiro atoms. The molecule has 1 N–H and O–H groups in total. The van der Waals surface area contributed by atoms with Crippen molar-refractivity contribution in [1.82, 2.24) is 9.78 Å². The lowest BCUT2D eigenvalue weighted by Crippen LogP contribution is -2.25. The third-order valence-electron chi connectivity index (χ3n) is 3.04. The lowest BCUT2D eigenvalue weighted by Gasteiger charge is -2.11. The molecule has 2 rings (SSSR count). The minimum Gasteiger partial charge on any atom is -0.381 e. The summed E-state index contributed by atoms with van der Waals surface area (Å²) in [4.78, 5) is 0. The number of sulfonamides is 1. The molecule has 0 amide bonds. The Labute approximate surface area is 124 Å². The molecule has 6 nitrogen and oxygen atoms in total. The number of aryl methyl sites for hydroxylation is 1. The maximum absolute atomic E-state index is 12.0. The molecule has 1 atom stereocenters. The van der Waals surface area contributed by atoms with E-state index in [-0.39, 0.29) is 11.9 Å². The Bertz CT molecular complexity index is 696. The summed E-state index contributed by atoms with van der Waals surface area (Å²) in [5.74, 6) is -0.0978. The minimum atomic E-state index is -3.47. The highest BCUT2D eigenvalue weighted by Crippen LogP contribution is 2.18. The van der Waals surface area contributed by atoms with Gasteiger partial charge in [-0.1, -0.05) is 18.2 Å². The van der Waals surface area contributed by atoms with Gasteiger partial charge in [0.25, 0.3) is 0 Å². The van der Waals surface area contributed by atoms with Crippen molar-refractivity contribution in [2.45, 2.75) is 20.0 Å². The first-order valence-corrected chi connectivity index (χ1v) is 8.21. The number of ether oxygens (including phenoxy) is 1. The molecular weight excluding hydrogens is 290 g/mol. The number of hydrogen-bond donors (Lipinski definition) is 1. The van der Waals surface area contributed by atoms with Gasteiger partial charge in [-0.25, -0.2) is 13.1 Å². The fraction of sp³-hybridized carbons (Fsp3) is 0.357. The van der Waals surface area contributed by atoms with Crippen molar-refractivity contribution in [2.75, 3.05) is 17.6 Å². The van der Waals surface area contributed by atoms with Crippen LogP contribution in [0.2, 0.25) is 0 Å². The van der Waals surface area contributed by atoms with E-state index >= 15 is 0 Å². The van der Waals surface area contributed by atoms with Crippen LogP contribution < -0.4 is 4.72 Å². The van der Waals surface area contributed by atoms with Crippen molar-refractivity contribution >= 4 is 15.7 Å². The van der Waals surface area contributed by atoms with Gasteiger partial charge in [0, 0.05) is 7.11 Å². The second-order valence-corrected chi connectivity index (χ2v) is 6.61. The van der Waals surface area contributed by atoms with E-state index in [9.17, 15) is 8.42 Å². The van der Waals surface area contributed by atoms with Crippen LogP contribution in [-0.2, 0) is 14.8 Å². The van der Waals surface area contributed by atoms with E-state index in [4.69, 9.17) is 4.74 Å². The predicted molar refractivity (Wildman–Crippen MR) is 82.2 cm³/mol. The molecule has 114 valence electrons. The molecule has 0 saturated heterocycles. The van der Waals surface area contributed by atoms with Gasteiger partial charge in [-0.2, -0.15) is 5.10 Å². The molecule has 7 heteroatoms. The van der Waals surface area contributed by atoms with Gasteiger partial charge in [0.1, 0.15) is 0 Å². The van der Waals surface area contributed by atoms with E-state index in [2.05, 4.69) is 9.82 Å². The molecule has 1 heterocycles. The van der Waals surface area contributed by atoms with E-state index in [1.165, 1.54) is 7.11 Å². The van der Waals surface area contributed by atoms with E-state index in [0.29, 0.717) is 11.4 Å². The fourth-order valence-electron chi connectivity index (χ4n) is 1.86. The van der Waals surface area contributed by atoms with Gasteiger partial charge in [-0.3, -0.25) is 4.72 Å². The molecular formula is C14H19N3O3S. The topological polar surface area (TPSA) is 73.2 Å². The summed E-state index contributed by atoms with van der Waals surface area (Å²) in [7, 11) is -1.98. The van der Waals surface area contributed by atoms with Crippen LogP contribution in [0, 0.1) is 6.92 Å². The standard InChI is InChI=1S/C14H19N3O3S/c1-11(20-3)10-21(18,19)16-14-9-17(15-12(14)2)13-7-5-4-6-8-13/h4-9,11,16H,10H2,1-3H3. The van der Waals surface area contributed by atoms with E-state index in [1.54, 1.807) is 24.7 Å². The van der Waals surface area contributed by atoms with Crippen LogP contribution in [0.5, 0.6) is 0 Å². The van der Waals surface area contributed by atoms with Gasteiger partial charge >= 0.3 is 0 Å². The summed E-state index contributed by atoms with van der Waals surface area (Å²) in [5, 5.41) is 4.32. The number of nitrogens with zero attached hydrogens (tertiary/aromatic N) is 2. The van der Waals surface area contributed by atoms with Crippen molar-refractivity contribution in [1.29, 1.82) is 0 Å². The average molecular weight is 309 g/mol. The average Bonchev–Trinajstić information content (AvgIpc) is 2.80. The van der Waals surface area contributed by atoms with Crippen LogP contribution in [0.1, 0.15) is 12.6 Å². The minimum absolute atomic E-state index is 0.0978. The molecule has 0 aliphatic carbocycles. The molecule has 1 aromatic carbocycles. The van der Waals surface area contributed by atoms with E-state index in [0.717, 1.165) is 5.69 Å². The SMILES string of the molecule is COC(C)CS(=O)(=O)Nc1cn(-c2ccccc2)nc1C. The normalized spacial score (nSPS) is 13.1. The first kappa shape index (κ1) is 15.5. The summed E-state index contributed by atoms with van der Waals surface area (Å²) in [5.41, 5.74) is 1.96. The number of methoxy groups -OCH3 is 1. The zero-order valence-corrected chi connectivity index (χ0v) is 13.1. The van der Waals surface area contributed by atoms with Crippen molar-refractivity contribution in [3.63, 3.8) is 0 Å². The Kier molecular flexibility index (Phi) is 4.64. The number of para-hydroxylation sites is 1. The summed E-state index contributed by atoms with van der Waals surface area (Å²) in [6.07, 6.45) is 1.30. The Balaban J connectivity index is 2.21. The second kappa shape index (κ2) is 6.28. The summed E-state index contributed by atoms with van der Waals surface area (Å²) < 4.78 is 33.3. The Morgan fingerprint density at radius 1 is 1.33 bits per heavy atom. The van der Waals surface area contributed by atoms with Crippen molar-refractivity contribution in [3.8, 4) is 5.69 Å². The third-order valence-corrected chi connectivity index (χ3v) is 4.48. The van der Waals surface area contributed by atoms with Crippen LogP contribution >= 0.6 is 0 Å². The number of benzene rings is 1. The molecule has 0 aliphatic heterocycles. The van der Waals surface area contributed by atoms with Crippen molar-refractivity contribution in [2.24, 2.45) is 0 Å². The monoisotopic (exact) mass is 309 g/mol. The number of nitrogens with one attached hydrogen (secondary N) is 1. The van der Waals surface area contributed by atoms with Gasteiger partial charge in [0.2, 0.25) is 10.0 Å². The molecule has 0 radical (unpaired) electrons. The molecule has 0 aliphatic rings. The fourth-order valence-corrected chi connectivity index (χ4v) is 3.23. The van der Waals surface area contributed by atoms with Gasteiger partial charge in [0.05, 0.1) is 35.1 Å². The van der Waals surface area contributed by atoms with Crippen molar-refractivity contribution in [3.05, 3.63) is 42.2 Å². The highest BCUT2D eigenvalue weighted by atomic mass is 32.2. The maximum Gasteiger partial charge on any atom is 0.235 e. The molecule has 21 heavy (non-hydrogen) atoms. The lowest BCUT2D eigenvalue weighted by atomic mass is 10.3. The third kappa shape index (κ3) is 4.05. The van der Waals surface area contributed by atoms with E-state index < -0.39 is 10.0 Å². The van der Waals surface area contributed by atoms with Crippen LogP contribution in [0.15, 0.2) is 36.5 Å². The number of hydrogen-bond acceptors (Lipinski definition) is 4. The Morgan fingerprint density at radius 2 is 2.00 bits per heavy atom. The van der Waals surface area contributed by atoms with Gasteiger partial charge in [0.15, 0.2) is 0 Å². The van der Waals surface area contributed by atoms with Crippen LogP contribution in [0.25, 0.3) is 5.69 Å². The van der Waals surface area contributed by atoms with E-state index in [1.807, 2.05) is 30.3 Å². The number of anilines is 1. The summed E-state index contributed by atoms with van der Waals surface area (Å²) in [6.45, 7) is 3.47. The molecule has 0 fully saturated rings. The first-order chi connectivity index (χ1) is 9.91. The first-order valence-electron chi connectivity index (χ1n) is 6.56. The summed E-state index contributed by atoms with van der Waals surface area (Å²) in [6, 6.07) is 9.51. The van der Waals surface area contributed by atoms with Gasteiger partial charge < -0.3 is 4.74 Å². The highest BCUT2D eigenvalue weighted by molar-refractivity contribution is 7.92. The Morgan fingerprint density at radius 3 is 2.62 bits per heavy atom. The van der Waals surface area contributed by atoms with Crippen LogP contribution in [-0.4, -0.2) is 37.2 Å². The highest BCUT2D eigenvalue weighted by Gasteiger charge is 2.18. The molecule has 0 bridgehead atoms. The Hall–Kier alpha value is -1.86. The van der Waals surface area contributed by atoms with Gasteiger partial charge in [-0.05, 0) is 26.0 Å². The van der Waals surface area contributed by atoms with Crippen LogP contribution in [0.3, 0.4) is 0 Å². The zero-order chi connectivity index (χ0) is 15.5. The number of rotatable bonds is 6. The molecule has 1 aromatic heterocycles. The van der Waals surface area contributed by atoms with Crippen LogP contribution in [0.4, 0.5) is 5.69 Å². The summed E-state index contributed by atoms with van der Waals surface area (Å²) >= 11 is 0. The number of aromatic nitrogens is 2. The zero-order valence-electron chi connectivity index (χ0n) is 12.3. The molecule has 2 aromatic rings. The second-order valence-electron chi connectivity index (χ2n) is 4.84. The predicted octanol–water partition coefficient (Wildman–Crippen LogP) is 1.96. The lowest BCUT2D eigenvalue weighted by molar-refractivity contribution is 0.136. The molecule has 0 saturated carbocycles.